The van der Waals surface area contributed by atoms with Crippen molar-refractivity contribution in [3.63, 3.8) is 0 Å². The van der Waals surface area contributed by atoms with E-state index in [0.29, 0.717) is 12.3 Å². The number of benzene rings is 3. The molecule has 1 heterocycles. The lowest BCUT2D eigenvalue weighted by atomic mass is 10.2. The quantitative estimate of drug-likeness (QED) is 0.308. The molecule has 3 aromatic rings. The molecule has 154 valence electrons. The fourth-order valence-electron chi connectivity index (χ4n) is 2.92. The lowest BCUT2D eigenvalue weighted by Crippen LogP contribution is -2.26. The van der Waals surface area contributed by atoms with Crippen molar-refractivity contribution < 1.29 is 22.8 Å². The number of anilines is 2. The van der Waals surface area contributed by atoms with Gasteiger partial charge in [-0.15, -0.1) is 0 Å². The average molecular weight is 426 g/mol. The minimum absolute atomic E-state index is 0.0500. The van der Waals surface area contributed by atoms with Crippen molar-refractivity contribution in [2.24, 2.45) is 0 Å². The van der Waals surface area contributed by atoms with Gasteiger partial charge < -0.3 is 9.47 Å². The maximum absolute atomic E-state index is 13.5. The average Bonchev–Trinajstić information content (AvgIpc) is 3.58. The molecule has 0 radical (unpaired) electrons. The van der Waals surface area contributed by atoms with Gasteiger partial charge in [-0.2, -0.15) is 0 Å². The maximum atomic E-state index is 13.5. The highest BCUT2D eigenvalue weighted by Crippen LogP contribution is 2.37. The van der Waals surface area contributed by atoms with E-state index < -0.39 is 14.9 Å². The number of ether oxygens (including phenoxy) is 2. The number of rotatable bonds is 8. The van der Waals surface area contributed by atoms with Gasteiger partial charge in [0.05, 0.1) is 33.9 Å². The van der Waals surface area contributed by atoms with Gasteiger partial charge in [-0.25, -0.2) is 12.7 Å². The third-order valence-corrected chi connectivity index (χ3v) is 6.20. The molecule has 0 spiro atoms. The number of hydrogen-bond donors (Lipinski definition) is 0. The van der Waals surface area contributed by atoms with Gasteiger partial charge in [0.25, 0.3) is 15.7 Å². The zero-order valence-electron chi connectivity index (χ0n) is 15.7. The largest absolute Gasteiger partial charge is 0.490 e. The number of epoxide rings is 1. The Hall–Kier alpha value is -3.43. The lowest BCUT2D eigenvalue weighted by Gasteiger charge is -2.25. The van der Waals surface area contributed by atoms with E-state index in [4.69, 9.17) is 9.47 Å². The summed E-state index contributed by atoms with van der Waals surface area (Å²) in [5, 5.41) is 11.5. The first-order valence-corrected chi connectivity index (χ1v) is 10.6. The van der Waals surface area contributed by atoms with Gasteiger partial charge in [0.15, 0.2) is 0 Å². The Balaban J connectivity index is 1.85. The van der Waals surface area contributed by atoms with E-state index in [2.05, 4.69) is 0 Å². The highest BCUT2D eigenvalue weighted by atomic mass is 32.2. The molecule has 4 rings (SSSR count). The van der Waals surface area contributed by atoms with Crippen LogP contribution in [0.1, 0.15) is 0 Å². The summed E-state index contributed by atoms with van der Waals surface area (Å²) < 4.78 is 38.8. The van der Waals surface area contributed by atoms with E-state index in [1.165, 1.54) is 30.3 Å². The summed E-state index contributed by atoms with van der Waals surface area (Å²) in [5.41, 5.74) is 0.174. The zero-order valence-corrected chi connectivity index (χ0v) is 16.6. The first-order valence-electron chi connectivity index (χ1n) is 9.14. The third-order valence-electron chi connectivity index (χ3n) is 4.43. The van der Waals surface area contributed by atoms with Crippen LogP contribution >= 0.6 is 0 Å². The zero-order chi connectivity index (χ0) is 21.1. The van der Waals surface area contributed by atoms with Crippen molar-refractivity contribution in [2.45, 2.75) is 11.0 Å². The van der Waals surface area contributed by atoms with Crippen LogP contribution in [-0.2, 0) is 14.8 Å². The molecule has 0 bridgehead atoms. The number of para-hydroxylation sites is 1. The highest BCUT2D eigenvalue weighted by Gasteiger charge is 2.29. The molecule has 0 aromatic heterocycles. The predicted molar refractivity (Wildman–Crippen MR) is 111 cm³/mol. The van der Waals surface area contributed by atoms with Crippen molar-refractivity contribution >= 4 is 27.1 Å². The third kappa shape index (κ3) is 4.27. The van der Waals surface area contributed by atoms with Gasteiger partial charge in [-0.05, 0) is 24.3 Å². The van der Waals surface area contributed by atoms with Crippen LogP contribution < -0.4 is 9.04 Å². The minimum atomic E-state index is -4.05. The number of nitro groups is 1. The molecule has 0 saturated carbocycles. The van der Waals surface area contributed by atoms with Gasteiger partial charge in [-0.3, -0.25) is 10.1 Å². The number of nitro benzene ring substituents is 1. The maximum Gasteiger partial charge on any atom is 0.275 e. The van der Waals surface area contributed by atoms with Crippen molar-refractivity contribution in [1.29, 1.82) is 0 Å². The van der Waals surface area contributed by atoms with Crippen LogP contribution in [0.4, 0.5) is 17.1 Å². The molecule has 1 aliphatic rings. The van der Waals surface area contributed by atoms with Crippen molar-refractivity contribution in [3.05, 3.63) is 89.0 Å². The van der Waals surface area contributed by atoms with E-state index in [-0.39, 0.29) is 34.7 Å². The van der Waals surface area contributed by atoms with Crippen LogP contribution in [0.15, 0.2) is 83.8 Å². The molecule has 1 fully saturated rings. The Morgan fingerprint density at radius 1 is 1.00 bits per heavy atom. The summed E-state index contributed by atoms with van der Waals surface area (Å²) in [5.74, 6) is 0.193. The summed E-state index contributed by atoms with van der Waals surface area (Å²) in [6.07, 6.45) is -0.0500. The van der Waals surface area contributed by atoms with Crippen molar-refractivity contribution in [1.82, 2.24) is 0 Å². The van der Waals surface area contributed by atoms with Crippen LogP contribution in [0.2, 0.25) is 0 Å². The Labute approximate surface area is 173 Å². The highest BCUT2D eigenvalue weighted by molar-refractivity contribution is 7.93. The Morgan fingerprint density at radius 3 is 2.23 bits per heavy atom. The fraction of sp³-hybridized carbons (Fsp3) is 0.143. The standard InChI is InChI=1S/C21H18N2O6S/c24-23(25)18-11-17(12-19(13-18)28-14-20-15-29-20)22(16-7-3-1-4-8-16)30(26,27)21-9-5-2-6-10-21/h1-13,20H,14-15H2. The van der Waals surface area contributed by atoms with E-state index in [1.807, 2.05) is 0 Å². The van der Waals surface area contributed by atoms with Crippen LogP contribution in [0.25, 0.3) is 0 Å². The first kappa shape index (κ1) is 19.9. The second-order valence-electron chi connectivity index (χ2n) is 6.63. The monoisotopic (exact) mass is 426 g/mol. The van der Waals surface area contributed by atoms with Crippen LogP contribution in [0.3, 0.4) is 0 Å². The number of nitrogens with zero attached hydrogens (tertiary/aromatic N) is 2. The van der Waals surface area contributed by atoms with Gasteiger partial charge in [0, 0.05) is 12.1 Å². The second kappa shape index (κ2) is 8.13. The summed E-state index contributed by atoms with van der Waals surface area (Å²) >= 11 is 0. The molecule has 9 heteroatoms. The van der Waals surface area contributed by atoms with E-state index in [9.17, 15) is 18.5 Å². The van der Waals surface area contributed by atoms with E-state index in [0.717, 1.165) is 4.31 Å². The molecular formula is C21H18N2O6S. The van der Waals surface area contributed by atoms with Crippen LogP contribution in [0.5, 0.6) is 5.75 Å². The SMILES string of the molecule is O=[N+]([O-])c1cc(OCC2CO2)cc(N(c2ccccc2)S(=O)(=O)c2ccccc2)c1. The van der Waals surface area contributed by atoms with E-state index >= 15 is 0 Å². The first-order chi connectivity index (χ1) is 14.4. The molecule has 1 atom stereocenters. The predicted octanol–water partition coefficient (Wildman–Crippen LogP) is 3.90. The molecule has 30 heavy (non-hydrogen) atoms. The summed E-state index contributed by atoms with van der Waals surface area (Å²) in [6.45, 7) is 0.803. The Kier molecular flexibility index (Phi) is 5.39. The number of non-ortho nitro benzene ring substituents is 1. The normalized spacial score (nSPS) is 15.4. The molecule has 1 saturated heterocycles. The topological polar surface area (TPSA) is 102 Å². The van der Waals surface area contributed by atoms with Gasteiger partial charge >= 0.3 is 0 Å². The summed E-state index contributed by atoms with van der Waals surface area (Å²) in [7, 11) is -4.05. The number of sulfonamides is 1. The Bertz CT molecular complexity index is 1150. The Morgan fingerprint density at radius 2 is 1.63 bits per heavy atom. The van der Waals surface area contributed by atoms with Crippen LogP contribution in [-0.4, -0.2) is 32.7 Å². The molecule has 8 nitrogen and oxygen atoms in total. The van der Waals surface area contributed by atoms with Gasteiger partial charge in [0.2, 0.25) is 0 Å². The second-order valence-corrected chi connectivity index (χ2v) is 8.41. The summed E-state index contributed by atoms with van der Waals surface area (Å²) in [4.78, 5) is 11.0. The number of hydrogen-bond acceptors (Lipinski definition) is 6. The van der Waals surface area contributed by atoms with Crippen LogP contribution in [0, 0.1) is 10.1 Å². The van der Waals surface area contributed by atoms with Crippen molar-refractivity contribution in [3.8, 4) is 5.75 Å². The molecule has 0 aliphatic carbocycles. The van der Waals surface area contributed by atoms with Gasteiger partial charge in [-0.1, -0.05) is 36.4 Å². The fourth-order valence-corrected chi connectivity index (χ4v) is 4.41. The smallest absolute Gasteiger partial charge is 0.275 e. The summed E-state index contributed by atoms with van der Waals surface area (Å²) in [6, 6.07) is 20.3. The molecular weight excluding hydrogens is 408 g/mol. The van der Waals surface area contributed by atoms with Crippen molar-refractivity contribution in [2.75, 3.05) is 17.5 Å². The minimum Gasteiger partial charge on any atom is -0.490 e. The molecule has 0 N–H and O–H groups in total. The molecule has 3 aromatic carbocycles. The van der Waals surface area contributed by atoms with E-state index in [1.54, 1.807) is 48.5 Å². The van der Waals surface area contributed by atoms with Gasteiger partial charge in [0.1, 0.15) is 18.5 Å². The lowest BCUT2D eigenvalue weighted by molar-refractivity contribution is -0.384. The molecule has 0 amide bonds. The molecule has 1 aliphatic heterocycles. The molecule has 1 unspecified atom stereocenters.